The van der Waals surface area contributed by atoms with Crippen molar-refractivity contribution in [2.75, 3.05) is 24.5 Å². The molecule has 2 heteroatoms. The Balaban J connectivity index is 2.23. The fourth-order valence-corrected chi connectivity index (χ4v) is 2.42. The lowest BCUT2D eigenvalue weighted by Gasteiger charge is -2.29. The molecule has 0 amide bonds. The molecule has 0 fully saturated rings. The van der Waals surface area contributed by atoms with Gasteiger partial charge in [-0.2, -0.15) is 0 Å². The van der Waals surface area contributed by atoms with Crippen molar-refractivity contribution >= 4 is 5.69 Å². The molecule has 1 atom stereocenters. The first kappa shape index (κ1) is 12.2. The van der Waals surface area contributed by atoms with Crippen LogP contribution in [0.5, 0.6) is 0 Å². The molecule has 2 nitrogen and oxygen atoms in total. The molecule has 0 aromatic heterocycles. The van der Waals surface area contributed by atoms with Crippen molar-refractivity contribution in [2.24, 2.45) is 0 Å². The number of hydrogen-bond acceptors (Lipinski definition) is 2. The second-order valence-corrected chi connectivity index (χ2v) is 4.54. The highest BCUT2D eigenvalue weighted by Gasteiger charge is 2.14. The first-order valence-electron chi connectivity index (χ1n) is 6.55. The molecule has 0 bridgehead atoms. The van der Waals surface area contributed by atoms with E-state index >= 15 is 0 Å². The quantitative estimate of drug-likeness (QED) is 0.799. The van der Waals surface area contributed by atoms with Gasteiger partial charge in [0.25, 0.3) is 0 Å². The van der Waals surface area contributed by atoms with Gasteiger partial charge in [0.15, 0.2) is 0 Å². The third-order valence-electron chi connectivity index (χ3n) is 3.31. The second kappa shape index (κ2) is 5.87. The lowest BCUT2D eigenvalue weighted by molar-refractivity contribution is 0.596. The summed E-state index contributed by atoms with van der Waals surface area (Å²) in [6, 6.07) is 9.16. The Bertz CT molecular complexity index is 384. The molecule has 0 spiro atoms. The van der Waals surface area contributed by atoms with Crippen LogP contribution in [0.4, 0.5) is 5.69 Å². The highest BCUT2D eigenvalue weighted by atomic mass is 15.1. The van der Waals surface area contributed by atoms with E-state index < -0.39 is 0 Å². The standard InChI is InChI=1S/C15H22N2/c1-3-16-13(2)14-9-5-6-10-15(14)17-11-7-4-8-12-17/h4-7,9-10,13,16H,3,8,11-12H2,1-2H3. The third-order valence-corrected chi connectivity index (χ3v) is 3.31. The van der Waals surface area contributed by atoms with Crippen molar-refractivity contribution in [3.05, 3.63) is 42.0 Å². The summed E-state index contributed by atoms with van der Waals surface area (Å²) in [5, 5.41) is 3.50. The molecule has 1 unspecified atom stereocenters. The van der Waals surface area contributed by atoms with E-state index in [2.05, 4.69) is 60.5 Å². The van der Waals surface area contributed by atoms with Gasteiger partial charge in [-0.05, 0) is 31.5 Å². The number of nitrogens with one attached hydrogen (secondary N) is 1. The van der Waals surface area contributed by atoms with E-state index in [-0.39, 0.29) is 0 Å². The molecule has 1 heterocycles. The van der Waals surface area contributed by atoms with Crippen LogP contribution in [0, 0.1) is 0 Å². The van der Waals surface area contributed by atoms with Crippen LogP contribution in [-0.2, 0) is 0 Å². The Kier molecular flexibility index (Phi) is 4.21. The maximum Gasteiger partial charge on any atom is 0.0417 e. The average molecular weight is 230 g/mol. The number of benzene rings is 1. The highest BCUT2D eigenvalue weighted by Crippen LogP contribution is 2.27. The number of nitrogens with zero attached hydrogens (tertiary/aromatic N) is 1. The summed E-state index contributed by atoms with van der Waals surface area (Å²) < 4.78 is 0. The zero-order valence-electron chi connectivity index (χ0n) is 10.8. The maximum absolute atomic E-state index is 3.50. The molecule has 0 radical (unpaired) electrons. The minimum atomic E-state index is 0.419. The van der Waals surface area contributed by atoms with Gasteiger partial charge in [-0.15, -0.1) is 0 Å². The monoisotopic (exact) mass is 230 g/mol. The summed E-state index contributed by atoms with van der Waals surface area (Å²) in [5.74, 6) is 0. The van der Waals surface area contributed by atoms with Gasteiger partial charge in [-0.1, -0.05) is 37.3 Å². The predicted octanol–water partition coefficient (Wildman–Crippen LogP) is 3.12. The number of rotatable bonds is 4. The van der Waals surface area contributed by atoms with E-state index in [0.29, 0.717) is 6.04 Å². The predicted molar refractivity (Wildman–Crippen MR) is 74.5 cm³/mol. The zero-order valence-corrected chi connectivity index (χ0v) is 10.8. The van der Waals surface area contributed by atoms with Crippen molar-refractivity contribution in [3.8, 4) is 0 Å². The maximum atomic E-state index is 3.50. The van der Waals surface area contributed by atoms with Crippen LogP contribution >= 0.6 is 0 Å². The molecule has 1 aromatic rings. The van der Waals surface area contributed by atoms with Crippen LogP contribution in [0.25, 0.3) is 0 Å². The normalized spacial score (nSPS) is 17.2. The lowest BCUT2D eigenvalue weighted by atomic mass is 10.0. The van der Waals surface area contributed by atoms with Gasteiger partial charge < -0.3 is 10.2 Å². The van der Waals surface area contributed by atoms with E-state index in [1.54, 1.807) is 0 Å². The SMILES string of the molecule is CCNC(C)c1ccccc1N1CC=CCC1. The number of anilines is 1. The van der Waals surface area contributed by atoms with Crippen LogP contribution in [0.3, 0.4) is 0 Å². The van der Waals surface area contributed by atoms with Crippen LogP contribution in [0.15, 0.2) is 36.4 Å². The molecule has 0 saturated carbocycles. The van der Waals surface area contributed by atoms with E-state index in [1.807, 2.05) is 0 Å². The van der Waals surface area contributed by atoms with Gasteiger partial charge in [0.05, 0.1) is 0 Å². The molecule has 0 aliphatic carbocycles. The molecule has 1 aliphatic rings. The van der Waals surface area contributed by atoms with Gasteiger partial charge in [-0.25, -0.2) is 0 Å². The molecular formula is C15H22N2. The first-order valence-corrected chi connectivity index (χ1v) is 6.55. The van der Waals surface area contributed by atoms with Crippen molar-refractivity contribution < 1.29 is 0 Å². The Morgan fingerprint density at radius 2 is 2.12 bits per heavy atom. The van der Waals surface area contributed by atoms with E-state index in [4.69, 9.17) is 0 Å². The summed E-state index contributed by atoms with van der Waals surface area (Å²) in [4.78, 5) is 2.46. The number of hydrogen-bond donors (Lipinski definition) is 1. The Morgan fingerprint density at radius 1 is 1.29 bits per heavy atom. The molecule has 1 N–H and O–H groups in total. The lowest BCUT2D eigenvalue weighted by Crippen LogP contribution is -2.29. The third kappa shape index (κ3) is 2.89. The Labute approximate surface area is 104 Å². The Morgan fingerprint density at radius 3 is 2.82 bits per heavy atom. The fourth-order valence-electron chi connectivity index (χ4n) is 2.42. The van der Waals surface area contributed by atoms with E-state index in [1.165, 1.54) is 11.3 Å². The van der Waals surface area contributed by atoms with Crippen molar-refractivity contribution in [1.82, 2.24) is 5.32 Å². The molecule has 0 saturated heterocycles. The summed E-state index contributed by atoms with van der Waals surface area (Å²) >= 11 is 0. The molecule has 92 valence electrons. The van der Waals surface area contributed by atoms with Gasteiger partial charge in [0.1, 0.15) is 0 Å². The van der Waals surface area contributed by atoms with Crippen LogP contribution in [0.1, 0.15) is 31.9 Å². The summed E-state index contributed by atoms with van der Waals surface area (Å²) in [6.45, 7) is 7.57. The largest absolute Gasteiger partial charge is 0.367 e. The topological polar surface area (TPSA) is 15.3 Å². The van der Waals surface area contributed by atoms with Crippen molar-refractivity contribution in [3.63, 3.8) is 0 Å². The average Bonchev–Trinajstić information content (AvgIpc) is 2.40. The minimum absolute atomic E-state index is 0.419. The highest BCUT2D eigenvalue weighted by molar-refractivity contribution is 5.55. The van der Waals surface area contributed by atoms with Crippen LogP contribution in [-0.4, -0.2) is 19.6 Å². The second-order valence-electron chi connectivity index (χ2n) is 4.54. The fraction of sp³-hybridized carbons (Fsp3) is 0.467. The minimum Gasteiger partial charge on any atom is -0.367 e. The van der Waals surface area contributed by atoms with Gasteiger partial charge in [0, 0.05) is 24.8 Å². The first-order chi connectivity index (χ1) is 8.33. The van der Waals surface area contributed by atoms with Crippen molar-refractivity contribution in [1.29, 1.82) is 0 Å². The Hall–Kier alpha value is -1.28. The zero-order chi connectivity index (χ0) is 12.1. The van der Waals surface area contributed by atoms with E-state index in [0.717, 1.165) is 26.1 Å². The number of para-hydroxylation sites is 1. The van der Waals surface area contributed by atoms with Crippen LogP contribution in [0.2, 0.25) is 0 Å². The van der Waals surface area contributed by atoms with E-state index in [9.17, 15) is 0 Å². The van der Waals surface area contributed by atoms with Gasteiger partial charge in [0.2, 0.25) is 0 Å². The summed E-state index contributed by atoms with van der Waals surface area (Å²) in [7, 11) is 0. The molecular weight excluding hydrogens is 208 g/mol. The summed E-state index contributed by atoms with van der Waals surface area (Å²) in [6.07, 6.45) is 5.69. The molecule has 2 rings (SSSR count). The molecule has 17 heavy (non-hydrogen) atoms. The molecule has 1 aromatic carbocycles. The van der Waals surface area contributed by atoms with Crippen LogP contribution < -0.4 is 10.2 Å². The van der Waals surface area contributed by atoms with Gasteiger partial charge >= 0.3 is 0 Å². The van der Waals surface area contributed by atoms with Crippen molar-refractivity contribution in [2.45, 2.75) is 26.3 Å². The van der Waals surface area contributed by atoms with Gasteiger partial charge in [-0.3, -0.25) is 0 Å². The molecule has 1 aliphatic heterocycles. The summed E-state index contributed by atoms with van der Waals surface area (Å²) in [5.41, 5.74) is 2.79. The smallest absolute Gasteiger partial charge is 0.0417 e.